The van der Waals surface area contributed by atoms with Crippen molar-refractivity contribution in [3.63, 3.8) is 0 Å². The molecular weight excluding hydrogens is 184 g/mol. The van der Waals surface area contributed by atoms with Gasteiger partial charge in [0.25, 0.3) is 0 Å². The Kier molecular flexibility index (Phi) is 3.93. The molecule has 0 saturated carbocycles. The van der Waals surface area contributed by atoms with Crippen molar-refractivity contribution >= 4 is 11.4 Å². The lowest BCUT2D eigenvalue weighted by Crippen LogP contribution is -1.87. The first-order valence-electron chi connectivity index (χ1n) is 4.45. The number of benzene rings is 1. The van der Waals surface area contributed by atoms with E-state index in [0.717, 1.165) is 5.56 Å². The summed E-state index contributed by atoms with van der Waals surface area (Å²) >= 11 is 0. The van der Waals surface area contributed by atoms with E-state index in [4.69, 9.17) is 5.73 Å². The first kappa shape index (κ1) is 10.8. The third kappa shape index (κ3) is 3.53. The van der Waals surface area contributed by atoms with Crippen LogP contribution in [0.2, 0.25) is 0 Å². The van der Waals surface area contributed by atoms with Crippen molar-refractivity contribution in [2.24, 2.45) is 4.99 Å². The van der Waals surface area contributed by atoms with Crippen molar-refractivity contribution in [1.29, 1.82) is 0 Å². The Morgan fingerprint density at radius 1 is 1.40 bits per heavy atom. The molecule has 0 aliphatic rings. The fourth-order valence-corrected chi connectivity index (χ4v) is 0.987. The molecule has 0 amide bonds. The summed E-state index contributed by atoms with van der Waals surface area (Å²) in [5.41, 5.74) is 7.76. The Morgan fingerprint density at radius 2 is 2.20 bits per heavy atom. The number of nitrogens with two attached hydrogens (primary N) is 1. The normalized spacial score (nSPS) is 10.0. The summed E-state index contributed by atoms with van der Waals surface area (Å²) in [5.74, 6) is 5.81. The Morgan fingerprint density at radius 3 is 2.80 bits per heavy atom. The molecule has 0 saturated heterocycles. The molecule has 0 spiro atoms. The minimum Gasteiger partial charge on any atom is -0.399 e. The molecule has 0 fully saturated rings. The molecule has 0 aliphatic heterocycles. The van der Waals surface area contributed by atoms with E-state index in [1.54, 1.807) is 6.08 Å². The van der Waals surface area contributed by atoms with Crippen molar-refractivity contribution < 1.29 is 0 Å². The highest BCUT2D eigenvalue weighted by atomic mass is 14.7. The molecule has 2 N–H and O–H groups in total. The lowest BCUT2D eigenvalue weighted by Gasteiger charge is -1.92. The summed E-state index contributed by atoms with van der Waals surface area (Å²) in [5, 5.41) is 0. The van der Waals surface area contributed by atoms with Crippen LogP contribution in [0.5, 0.6) is 0 Å². The molecule has 1 aromatic rings. The van der Waals surface area contributed by atoms with Gasteiger partial charge in [-0.05, 0) is 30.2 Å². The summed E-state index contributed by atoms with van der Waals surface area (Å²) in [6.07, 6.45) is 3.02. The van der Waals surface area contributed by atoms with Crippen molar-refractivity contribution in [2.45, 2.75) is 0 Å². The van der Waals surface area contributed by atoms with Gasteiger partial charge in [-0.2, -0.15) is 0 Å². The molecule has 0 bridgehead atoms. The van der Waals surface area contributed by atoms with Crippen molar-refractivity contribution in [1.82, 2.24) is 0 Å². The van der Waals surface area contributed by atoms with Crippen molar-refractivity contribution in [3.8, 4) is 11.8 Å². The average Bonchev–Trinajstić information content (AvgIpc) is 2.24. The highest BCUT2D eigenvalue weighted by Gasteiger charge is 1.88. The van der Waals surface area contributed by atoms with Crippen LogP contribution in [0.4, 0.5) is 5.69 Å². The van der Waals surface area contributed by atoms with Gasteiger partial charge in [0, 0.05) is 17.5 Å². The maximum absolute atomic E-state index is 5.62. The minimum absolute atomic E-state index is 0.590. The van der Waals surface area contributed by atoms with Crippen LogP contribution in [0, 0.1) is 11.8 Å². The van der Waals surface area contributed by atoms with Crippen LogP contribution in [-0.4, -0.2) is 5.71 Å². The fourth-order valence-electron chi connectivity index (χ4n) is 0.987. The predicted octanol–water partition coefficient (Wildman–Crippen LogP) is 2.39. The van der Waals surface area contributed by atoms with Crippen molar-refractivity contribution in [2.75, 3.05) is 5.73 Å². The Balaban J connectivity index is 2.94. The van der Waals surface area contributed by atoms with E-state index in [9.17, 15) is 0 Å². The molecule has 1 rings (SSSR count). The third-order valence-electron chi connectivity index (χ3n) is 1.65. The summed E-state index contributed by atoms with van der Waals surface area (Å²) in [7, 11) is 0. The van der Waals surface area contributed by atoms with Crippen LogP contribution in [0.15, 0.2) is 54.7 Å². The molecule has 2 heteroatoms. The van der Waals surface area contributed by atoms with E-state index < -0.39 is 0 Å². The zero-order valence-corrected chi connectivity index (χ0v) is 8.40. The Labute approximate surface area is 89.8 Å². The molecule has 0 atom stereocenters. The van der Waals surface area contributed by atoms with E-state index in [1.807, 2.05) is 24.3 Å². The number of anilines is 1. The molecule has 0 aliphatic carbocycles. The molecule has 15 heavy (non-hydrogen) atoms. The molecule has 0 unspecified atom stereocenters. The number of allylic oxidation sites excluding steroid dienone is 1. The average molecular weight is 196 g/mol. The lowest BCUT2D eigenvalue weighted by molar-refractivity contribution is 1.60. The van der Waals surface area contributed by atoms with Gasteiger partial charge in [-0.1, -0.05) is 25.1 Å². The van der Waals surface area contributed by atoms with E-state index in [1.165, 1.54) is 6.20 Å². The molecule has 0 heterocycles. The fraction of sp³-hybridized carbons (Fsp3) is 0. The molecule has 2 nitrogen and oxygen atoms in total. The predicted molar refractivity (Wildman–Crippen MR) is 65.6 cm³/mol. The third-order valence-corrected chi connectivity index (χ3v) is 1.65. The van der Waals surface area contributed by atoms with Crippen LogP contribution < -0.4 is 5.73 Å². The van der Waals surface area contributed by atoms with Crippen LogP contribution in [-0.2, 0) is 0 Å². The maximum Gasteiger partial charge on any atom is 0.112 e. The number of aliphatic imine (C=N–C) groups is 1. The van der Waals surface area contributed by atoms with Crippen LogP contribution in [0.3, 0.4) is 0 Å². The summed E-state index contributed by atoms with van der Waals surface area (Å²) in [6.45, 7) is 7.10. The maximum atomic E-state index is 5.62. The van der Waals surface area contributed by atoms with Crippen LogP contribution in [0.1, 0.15) is 5.56 Å². The quantitative estimate of drug-likeness (QED) is 0.440. The lowest BCUT2D eigenvalue weighted by atomic mass is 10.2. The largest absolute Gasteiger partial charge is 0.399 e. The van der Waals surface area contributed by atoms with E-state index in [-0.39, 0.29) is 0 Å². The number of nitrogen functional groups attached to an aromatic ring is 1. The zero-order valence-electron chi connectivity index (χ0n) is 8.40. The first-order valence-corrected chi connectivity index (χ1v) is 4.45. The second kappa shape index (κ2) is 5.46. The van der Waals surface area contributed by atoms with Gasteiger partial charge in [-0.15, -0.1) is 0 Å². The summed E-state index contributed by atoms with van der Waals surface area (Å²) in [4.78, 5) is 3.94. The van der Waals surface area contributed by atoms with Gasteiger partial charge >= 0.3 is 0 Å². The summed E-state index contributed by atoms with van der Waals surface area (Å²) < 4.78 is 0. The number of rotatable bonds is 2. The second-order valence-corrected chi connectivity index (χ2v) is 2.78. The van der Waals surface area contributed by atoms with Crippen LogP contribution >= 0.6 is 0 Å². The Bertz CT molecular complexity index is 459. The standard InChI is InChI=1S/C13H12N2/c1-3-13(15-4-2)9-8-11-6-5-7-12(14)10-11/h3-7,10H,1-2,14H2/b15-13+. The minimum atomic E-state index is 0.590. The topological polar surface area (TPSA) is 38.4 Å². The molecular formula is C13H12N2. The van der Waals surface area contributed by atoms with Gasteiger partial charge in [0.05, 0.1) is 0 Å². The van der Waals surface area contributed by atoms with Gasteiger partial charge in [0.15, 0.2) is 0 Å². The molecule has 1 aromatic carbocycles. The number of nitrogens with zero attached hydrogens (tertiary/aromatic N) is 1. The first-order chi connectivity index (χ1) is 7.26. The highest BCUT2D eigenvalue weighted by Crippen LogP contribution is 2.04. The SMILES string of the molecule is C=C/N=C(/C#Cc1cccc(N)c1)C=C. The number of hydrogen-bond donors (Lipinski definition) is 1. The van der Waals surface area contributed by atoms with Gasteiger partial charge in [0.2, 0.25) is 0 Å². The van der Waals surface area contributed by atoms with E-state index in [0.29, 0.717) is 11.4 Å². The molecule has 0 radical (unpaired) electrons. The second-order valence-electron chi connectivity index (χ2n) is 2.78. The van der Waals surface area contributed by atoms with Gasteiger partial charge in [-0.3, -0.25) is 0 Å². The summed E-state index contributed by atoms with van der Waals surface area (Å²) in [6, 6.07) is 7.37. The molecule has 0 aromatic heterocycles. The van der Waals surface area contributed by atoms with Gasteiger partial charge in [0.1, 0.15) is 5.71 Å². The smallest absolute Gasteiger partial charge is 0.112 e. The Hall–Kier alpha value is -2.27. The molecule has 74 valence electrons. The number of hydrogen-bond acceptors (Lipinski definition) is 2. The highest BCUT2D eigenvalue weighted by molar-refractivity contribution is 6.09. The zero-order chi connectivity index (χ0) is 11.1. The van der Waals surface area contributed by atoms with E-state index >= 15 is 0 Å². The van der Waals surface area contributed by atoms with Crippen LogP contribution in [0.25, 0.3) is 0 Å². The monoisotopic (exact) mass is 196 g/mol. The van der Waals surface area contributed by atoms with E-state index in [2.05, 4.69) is 30.0 Å². The van der Waals surface area contributed by atoms with Gasteiger partial charge < -0.3 is 5.73 Å². The van der Waals surface area contributed by atoms with Gasteiger partial charge in [-0.25, -0.2) is 4.99 Å². The van der Waals surface area contributed by atoms with Crippen molar-refractivity contribution in [3.05, 3.63) is 55.3 Å².